The zero-order valence-corrected chi connectivity index (χ0v) is 9.39. The molecule has 0 bridgehead atoms. The average Bonchev–Trinajstić information content (AvgIpc) is 2.85. The summed E-state index contributed by atoms with van der Waals surface area (Å²) in [5.41, 5.74) is 0.700. The predicted molar refractivity (Wildman–Crippen MR) is 63.9 cm³/mol. The molecule has 2 heterocycles. The van der Waals surface area contributed by atoms with E-state index in [0.717, 1.165) is 12.8 Å². The summed E-state index contributed by atoms with van der Waals surface area (Å²) in [4.78, 5) is 18.9. The van der Waals surface area contributed by atoms with E-state index in [1.807, 2.05) is 18.3 Å². The number of carbonyl (C=O) groups is 1. The topological polar surface area (TPSA) is 62.7 Å². The van der Waals surface area contributed by atoms with Crippen molar-refractivity contribution < 1.29 is 4.79 Å². The molecule has 88 valence electrons. The highest BCUT2D eigenvalue weighted by atomic mass is 16.2. The average molecular weight is 230 g/mol. The second-order valence-corrected chi connectivity index (χ2v) is 4.28. The van der Waals surface area contributed by atoms with Gasteiger partial charge < -0.3 is 9.55 Å². The minimum atomic E-state index is -0.114. The van der Waals surface area contributed by atoms with Gasteiger partial charge in [-0.15, -0.1) is 0 Å². The summed E-state index contributed by atoms with van der Waals surface area (Å²) in [5.74, 6) is 0.369. The van der Waals surface area contributed by atoms with Crippen LogP contribution in [-0.2, 0) is 0 Å². The third kappa shape index (κ3) is 1.84. The third-order valence-corrected chi connectivity index (χ3v) is 3.21. The number of nitrogens with one attached hydrogen (secondary N) is 2. The first-order valence-corrected chi connectivity index (χ1v) is 5.82. The molecule has 1 aliphatic rings. The summed E-state index contributed by atoms with van der Waals surface area (Å²) in [6.45, 7) is 0. The van der Waals surface area contributed by atoms with Gasteiger partial charge in [0.25, 0.3) is 5.91 Å². The van der Waals surface area contributed by atoms with Gasteiger partial charge in [-0.25, -0.2) is 4.98 Å². The number of rotatable bonds is 3. The van der Waals surface area contributed by atoms with Crippen LogP contribution in [0.1, 0.15) is 35.8 Å². The number of carbonyl (C=O) groups excluding carboxylic acids is 1. The summed E-state index contributed by atoms with van der Waals surface area (Å²) in [6, 6.07) is 4.24. The zero-order chi connectivity index (χ0) is 11.7. The van der Waals surface area contributed by atoms with Crippen LogP contribution in [0.2, 0.25) is 0 Å². The molecule has 3 rings (SSSR count). The molecule has 2 aromatic heterocycles. The van der Waals surface area contributed by atoms with Gasteiger partial charge in [-0.05, 0) is 31.4 Å². The highest BCUT2D eigenvalue weighted by molar-refractivity contribution is 6.02. The fourth-order valence-electron chi connectivity index (χ4n) is 2.07. The number of anilines is 1. The zero-order valence-electron chi connectivity index (χ0n) is 9.39. The fourth-order valence-corrected chi connectivity index (χ4v) is 2.07. The van der Waals surface area contributed by atoms with Gasteiger partial charge in [-0.3, -0.25) is 10.1 Å². The Kier molecular flexibility index (Phi) is 2.44. The molecule has 2 aromatic rings. The van der Waals surface area contributed by atoms with E-state index in [9.17, 15) is 4.79 Å². The Hall–Kier alpha value is -2.04. The number of amides is 1. The van der Waals surface area contributed by atoms with E-state index in [2.05, 4.69) is 19.9 Å². The van der Waals surface area contributed by atoms with Crippen molar-refractivity contribution in [2.24, 2.45) is 0 Å². The standard InChI is InChI=1S/C12H14N4O/c17-11(15-12-13-6-7-14-12)10-5-2-8-16(10)9-3-1-4-9/h2,5-9H,1,3-4H2,(H2,13,14,15,17). The second kappa shape index (κ2) is 4.08. The molecule has 17 heavy (non-hydrogen) atoms. The summed E-state index contributed by atoms with van der Waals surface area (Å²) in [6.07, 6.45) is 8.84. The summed E-state index contributed by atoms with van der Waals surface area (Å²) in [7, 11) is 0. The van der Waals surface area contributed by atoms with E-state index in [4.69, 9.17) is 0 Å². The first-order valence-electron chi connectivity index (χ1n) is 5.82. The molecule has 2 N–H and O–H groups in total. The van der Waals surface area contributed by atoms with Gasteiger partial charge >= 0.3 is 0 Å². The maximum absolute atomic E-state index is 12.0. The Balaban J connectivity index is 1.79. The molecular formula is C12H14N4O. The van der Waals surface area contributed by atoms with Gasteiger partial charge in [-0.1, -0.05) is 0 Å². The van der Waals surface area contributed by atoms with Gasteiger partial charge in [0.15, 0.2) is 0 Å². The molecule has 1 aliphatic carbocycles. The highest BCUT2D eigenvalue weighted by Crippen LogP contribution is 2.32. The third-order valence-electron chi connectivity index (χ3n) is 3.21. The fraction of sp³-hybridized carbons (Fsp3) is 0.333. The molecule has 0 atom stereocenters. The molecule has 0 unspecified atom stereocenters. The van der Waals surface area contributed by atoms with Crippen molar-refractivity contribution in [1.29, 1.82) is 0 Å². The number of hydrogen-bond acceptors (Lipinski definition) is 2. The van der Waals surface area contributed by atoms with Crippen molar-refractivity contribution in [3.8, 4) is 0 Å². The molecule has 5 nitrogen and oxygen atoms in total. The van der Waals surface area contributed by atoms with Crippen molar-refractivity contribution in [2.75, 3.05) is 5.32 Å². The van der Waals surface area contributed by atoms with E-state index in [1.165, 1.54) is 6.42 Å². The molecule has 1 fully saturated rings. The Bertz CT molecular complexity index is 510. The van der Waals surface area contributed by atoms with Crippen molar-refractivity contribution in [3.05, 3.63) is 36.4 Å². The highest BCUT2D eigenvalue weighted by Gasteiger charge is 2.23. The molecule has 1 amide bonds. The van der Waals surface area contributed by atoms with Crippen LogP contribution in [0, 0.1) is 0 Å². The second-order valence-electron chi connectivity index (χ2n) is 4.28. The molecule has 0 aromatic carbocycles. The number of H-pyrrole nitrogens is 1. The first kappa shape index (κ1) is 10.1. The van der Waals surface area contributed by atoms with Crippen molar-refractivity contribution in [3.63, 3.8) is 0 Å². The number of aromatic nitrogens is 3. The summed E-state index contributed by atoms with van der Waals surface area (Å²) in [5, 5.41) is 2.74. The van der Waals surface area contributed by atoms with Crippen molar-refractivity contribution in [1.82, 2.24) is 14.5 Å². The largest absolute Gasteiger partial charge is 0.340 e. The molecule has 5 heteroatoms. The molecular weight excluding hydrogens is 216 g/mol. The molecule has 0 aliphatic heterocycles. The van der Waals surface area contributed by atoms with Crippen LogP contribution in [0.3, 0.4) is 0 Å². The van der Waals surface area contributed by atoms with Gasteiger partial charge in [0.05, 0.1) is 0 Å². The van der Waals surface area contributed by atoms with E-state index >= 15 is 0 Å². The smallest absolute Gasteiger partial charge is 0.274 e. The lowest BCUT2D eigenvalue weighted by molar-refractivity contribution is 0.101. The van der Waals surface area contributed by atoms with Crippen LogP contribution in [0.5, 0.6) is 0 Å². The normalized spacial score (nSPS) is 15.5. The molecule has 0 radical (unpaired) electrons. The van der Waals surface area contributed by atoms with E-state index in [-0.39, 0.29) is 5.91 Å². The quantitative estimate of drug-likeness (QED) is 0.849. The van der Waals surface area contributed by atoms with Crippen LogP contribution in [0.25, 0.3) is 0 Å². The van der Waals surface area contributed by atoms with Gasteiger partial charge in [-0.2, -0.15) is 0 Å². The molecule has 0 saturated heterocycles. The van der Waals surface area contributed by atoms with Gasteiger partial charge in [0, 0.05) is 24.6 Å². The maximum Gasteiger partial charge on any atom is 0.274 e. The van der Waals surface area contributed by atoms with E-state index < -0.39 is 0 Å². The van der Waals surface area contributed by atoms with Crippen molar-refractivity contribution in [2.45, 2.75) is 25.3 Å². The van der Waals surface area contributed by atoms with Crippen LogP contribution in [-0.4, -0.2) is 20.4 Å². The lowest BCUT2D eigenvalue weighted by Crippen LogP contribution is -2.23. The Labute approximate surface area is 98.9 Å². The Morgan fingerprint density at radius 2 is 2.41 bits per heavy atom. The number of imidazole rings is 1. The van der Waals surface area contributed by atoms with Crippen LogP contribution in [0.15, 0.2) is 30.7 Å². The van der Waals surface area contributed by atoms with Crippen LogP contribution >= 0.6 is 0 Å². The van der Waals surface area contributed by atoms with Gasteiger partial charge in [0.1, 0.15) is 5.69 Å². The van der Waals surface area contributed by atoms with Crippen LogP contribution < -0.4 is 5.32 Å². The Morgan fingerprint density at radius 3 is 3.06 bits per heavy atom. The van der Waals surface area contributed by atoms with E-state index in [1.54, 1.807) is 12.4 Å². The summed E-state index contributed by atoms with van der Waals surface area (Å²) < 4.78 is 2.06. The molecule has 1 saturated carbocycles. The van der Waals surface area contributed by atoms with Gasteiger partial charge in [0.2, 0.25) is 5.95 Å². The summed E-state index contributed by atoms with van der Waals surface area (Å²) >= 11 is 0. The lowest BCUT2D eigenvalue weighted by Gasteiger charge is -2.28. The lowest BCUT2D eigenvalue weighted by atomic mass is 9.93. The predicted octanol–water partition coefficient (Wildman–Crippen LogP) is 2.19. The minimum Gasteiger partial charge on any atom is -0.340 e. The number of hydrogen-bond donors (Lipinski definition) is 2. The van der Waals surface area contributed by atoms with Crippen molar-refractivity contribution >= 4 is 11.9 Å². The van der Waals surface area contributed by atoms with E-state index in [0.29, 0.717) is 17.7 Å². The maximum atomic E-state index is 12.0. The molecule has 0 spiro atoms. The number of aromatic amines is 1. The van der Waals surface area contributed by atoms with Crippen LogP contribution in [0.4, 0.5) is 5.95 Å². The first-order chi connectivity index (χ1) is 8.34. The Morgan fingerprint density at radius 1 is 1.53 bits per heavy atom. The SMILES string of the molecule is O=C(Nc1ncc[nH]1)c1cccn1C1CCC1. The number of nitrogens with zero attached hydrogens (tertiary/aromatic N) is 2. The monoisotopic (exact) mass is 230 g/mol. The minimum absolute atomic E-state index is 0.114.